The van der Waals surface area contributed by atoms with E-state index >= 15 is 0 Å². The second-order valence-corrected chi connectivity index (χ2v) is 19.9. The van der Waals surface area contributed by atoms with Gasteiger partial charge in [-0.3, -0.25) is 4.57 Å². The lowest BCUT2D eigenvalue weighted by Gasteiger charge is -2.36. The standard InChI is InChI=1S/C52H44N4Si/c1-52(2,3)55-37-54(48-28-15-16-29-49(48)55)40-20-17-25-43(35-40)57(41-21-9-5-10-22-41,42-23-11-6-12-24-42)44-30-31-46-45-26-13-14-27-47(45)56(50(46)36-44)51-34-39(32-33-53-51)38-18-7-4-8-19-38/h4-36H,37H2,1-3H3. The van der Waals surface area contributed by atoms with E-state index in [1.165, 1.54) is 54.1 Å². The molecule has 0 N–H and O–H groups in total. The number of rotatable bonds is 7. The highest BCUT2D eigenvalue weighted by atomic mass is 28.3. The first kappa shape index (κ1) is 34.8. The maximum Gasteiger partial charge on any atom is 0.179 e. The minimum Gasteiger partial charge on any atom is -0.347 e. The Kier molecular flexibility index (Phi) is 8.42. The van der Waals surface area contributed by atoms with Gasteiger partial charge in [0.1, 0.15) is 5.82 Å². The Morgan fingerprint density at radius 1 is 0.474 bits per heavy atom. The molecular weight excluding hydrogens is 709 g/mol. The number of fused-ring (bicyclic) bond motifs is 4. The predicted molar refractivity (Wildman–Crippen MR) is 243 cm³/mol. The van der Waals surface area contributed by atoms with Crippen molar-refractivity contribution in [2.75, 3.05) is 16.5 Å². The van der Waals surface area contributed by atoms with E-state index in [4.69, 9.17) is 4.98 Å². The fourth-order valence-electron chi connectivity index (χ4n) is 9.09. The lowest BCUT2D eigenvalue weighted by Crippen LogP contribution is -2.74. The van der Waals surface area contributed by atoms with Gasteiger partial charge in [-0.25, -0.2) is 4.98 Å². The van der Waals surface area contributed by atoms with Crippen molar-refractivity contribution in [1.29, 1.82) is 0 Å². The molecule has 0 bridgehead atoms. The zero-order chi connectivity index (χ0) is 38.6. The normalized spacial score (nSPS) is 13.0. The number of anilines is 3. The van der Waals surface area contributed by atoms with Crippen LogP contribution in [0.1, 0.15) is 20.8 Å². The number of aromatic nitrogens is 2. The molecule has 7 aromatic carbocycles. The number of pyridine rings is 1. The molecule has 1 aliphatic heterocycles. The summed E-state index contributed by atoms with van der Waals surface area (Å²) >= 11 is 0. The molecule has 0 radical (unpaired) electrons. The van der Waals surface area contributed by atoms with Crippen LogP contribution in [0.25, 0.3) is 38.8 Å². The first-order valence-corrected chi connectivity index (χ1v) is 21.8. The summed E-state index contributed by atoms with van der Waals surface area (Å²) in [4.78, 5) is 10.0. The maximum absolute atomic E-state index is 5.04. The van der Waals surface area contributed by atoms with E-state index in [0.717, 1.165) is 29.1 Å². The Labute approximate surface area is 335 Å². The molecule has 0 saturated carbocycles. The fourth-order valence-corrected chi connectivity index (χ4v) is 13.9. The molecular formula is C52H44N4Si. The van der Waals surface area contributed by atoms with Crippen LogP contribution in [0.5, 0.6) is 0 Å². The SMILES string of the molecule is CC(C)(C)N1CN(c2cccc([Si](c3ccccc3)(c3ccccc3)c3ccc4c5ccccc5n(-c5cc(-c6ccccc6)ccn5)c4c3)c2)c2ccccc21. The van der Waals surface area contributed by atoms with Crippen molar-refractivity contribution in [3.8, 4) is 16.9 Å². The van der Waals surface area contributed by atoms with Crippen LogP contribution in [-0.4, -0.2) is 29.8 Å². The van der Waals surface area contributed by atoms with Gasteiger partial charge in [-0.05, 0) is 101 Å². The van der Waals surface area contributed by atoms with Crippen molar-refractivity contribution in [2.45, 2.75) is 26.3 Å². The van der Waals surface area contributed by atoms with Gasteiger partial charge in [0.05, 0.1) is 29.1 Å². The quantitative estimate of drug-likeness (QED) is 0.120. The van der Waals surface area contributed by atoms with Crippen molar-refractivity contribution in [3.05, 3.63) is 200 Å². The van der Waals surface area contributed by atoms with Gasteiger partial charge in [-0.2, -0.15) is 0 Å². The van der Waals surface area contributed by atoms with Crippen LogP contribution in [0.3, 0.4) is 0 Å². The largest absolute Gasteiger partial charge is 0.347 e. The molecule has 1 aliphatic rings. The molecule has 57 heavy (non-hydrogen) atoms. The van der Waals surface area contributed by atoms with Crippen molar-refractivity contribution < 1.29 is 0 Å². The highest BCUT2D eigenvalue weighted by Gasteiger charge is 2.43. The van der Waals surface area contributed by atoms with Gasteiger partial charge in [0.15, 0.2) is 8.07 Å². The lowest BCUT2D eigenvalue weighted by molar-refractivity contribution is 0.518. The molecule has 3 heterocycles. The van der Waals surface area contributed by atoms with E-state index in [1.807, 2.05) is 6.20 Å². The summed E-state index contributed by atoms with van der Waals surface area (Å²) in [5.74, 6) is 0.907. The fraction of sp³-hybridized carbons (Fsp3) is 0.0962. The molecule has 276 valence electrons. The third-order valence-electron chi connectivity index (χ3n) is 11.7. The minimum absolute atomic E-state index is 0.0294. The van der Waals surface area contributed by atoms with E-state index in [9.17, 15) is 0 Å². The summed E-state index contributed by atoms with van der Waals surface area (Å²) in [6, 6.07) is 71.7. The molecule has 2 aromatic heterocycles. The maximum atomic E-state index is 5.04. The number of para-hydroxylation sites is 3. The van der Waals surface area contributed by atoms with E-state index < -0.39 is 8.07 Å². The van der Waals surface area contributed by atoms with Crippen LogP contribution < -0.4 is 30.5 Å². The van der Waals surface area contributed by atoms with Gasteiger partial charge < -0.3 is 9.80 Å². The molecule has 0 fully saturated rings. The molecule has 0 spiro atoms. The first-order valence-electron chi connectivity index (χ1n) is 19.8. The second kappa shape index (κ2) is 13.8. The van der Waals surface area contributed by atoms with Gasteiger partial charge >= 0.3 is 0 Å². The monoisotopic (exact) mass is 752 g/mol. The van der Waals surface area contributed by atoms with Crippen LogP contribution in [0.4, 0.5) is 17.1 Å². The number of hydrogen-bond donors (Lipinski definition) is 0. The Morgan fingerprint density at radius 2 is 1.07 bits per heavy atom. The third kappa shape index (κ3) is 5.77. The van der Waals surface area contributed by atoms with Crippen LogP contribution >= 0.6 is 0 Å². The summed E-state index contributed by atoms with van der Waals surface area (Å²) in [5, 5.41) is 7.79. The Bertz CT molecular complexity index is 2840. The topological polar surface area (TPSA) is 24.3 Å². The summed E-state index contributed by atoms with van der Waals surface area (Å²) in [6.45, 7) is 7.69. The molecule has 0 amide bonds. The average Bonchev–Trinajstić information content (AvgIpc) is 3.82. The van der Waals surface area contributed by atoms with E-state index in [2.05, 4.69) is 229 Å². The van der Waals surface area contributed by atoms with Gasteiger partial charge in [-0.15, -0.1) is 0 Å². The smallest absolute Gasteiger partial charge is 0.179 e. The van der Waals surface area contributed by atoms with Crippen molar-refractivity contribution in [3.63, 3.8) is 0 Å². The van der Waals surface area contributed by atoms with Gasteiger partial charge in [0.2, 0.25) is 0 Å². The molecule has 9 aromatic rings. The highest BCUT2D eigenvalue weighted by molar-refractivity contribution is 7.20. The van der Waals surface area contributed by atoms with E-state index in [-0.39, 0.29) is 5.54 Å². The zero-order valence-electron chi connectivity index (χ0n) is 32.5. The van der Waals surface area contributed by atoms with Crippen LogP contribution in [0, 0.1) is 0 Å². The lowest BCUT2D eigenvalue weighted by atomic mass is 10.1. The summed E-state index contributed by atoms with van der Waals surface area (Å²) in [6.07, 6.45) is 1.94. The van der Waals surface area contributed by atoms with E-state index in [0.29, 0.717) is 0 Å². The Balaban J connectivity index is 1.24. The molecule has 10 rings (SSSR count). The summed E-state index contributed by atoms with van der Waals surface area (Å²) in [7, 11) is -2.96. The molecule has 5 heteroatoms. The molecule has 0 unspecified atom stereocenters. The van der Waals surface area contributed by atoms with Crippen LogP contribution in [0.2, 0.25) is 0 Å². The van der Waals surface area contributed by atoms with Crippen molar-refractivity contribution in [2.24, 2.45) is 0 Å². The summed E-state index contributed by atoms with van der Waals surface area (Å²) < 4.78 is 2.37. The van der Waals surface area contributed by atoms with Crippen LogP contribution in [0.15, 0.2) is 200 Å². The second-order valence-electron chi connectivity index (χ2n) is 16.0. The van der Waals surface area contributed by atoms with Crippen LogP contribution in [-0.2, 0) is 0 Å². The van der Waals surface area contributed by atoms with Crippen molar-refractivity contribution >= 4 is 67.7 Å². The summed E-state index contributed by atoms with van der Waals surface area (Å²) in [5.41, 5.74) is 8.30. The Hall–Kier alpha value is -6.69. The van der Waals surface area contributed by atoms with Gasteiger partial charge in [-0.1, -0.05) is 146 Å². The highest BCUT2D eigenvalue weighted by Crippen LogP contribution is 2.43. The molecule has 0 aliphatic carbocycles. The molecule has 0 atom stereocenters. The predicted octanol–water partition coefficient (Wildman–Crippen LogP) is 9.94. The number of hydrogen-bond acceptors (Lipinski definition) is 3. The first-order chi connectivity index (χ1) is 27.9. The average molecular weight is 753 g/mol. The number of nitrogens with zero attached hydrogens (tertiary/aromatic N) is 4. The van der Waals surface area contributed by atoms with Crippen molar-refractivity contribution in [1.82, 2.24) is 9.55 Å². The third-order valence-corrected chi connectivity index (χ3v) is 16.5. The number of benzene rings is 7. The minimum atomic E-state index is -2.96. The van der Waals surface area contributed by atoms with E-state index in [1.54, 1.807) is 0 Å². The molecule has 0 saturated heterocycles. The Morgan fingerprint density at radius 3 is 1.79 bits per heavy atom. The zero-order valence-corrected chi connectivity index (χ0v) is 33.5. The van der Waals surface area contributed by atoms with Gasteiger partial charge in [0, 0.05) is 28.2 Å². The molecule has 4 nitrogen and oxygen atoms in total. The van der Waals surface area contributed by atoms with Gasteiger partial charge in [0.25, 0.3) is 0 Å².